The van der Waals surface area contributed by atoms with Crippen molar-refractivity contribution in [1.82, 2.24) is 20.5 Å². The van der Waals surface area contributed by atoms with Gasteiger partial charge in [-0.1, -0.05) is 18.2 Å². The molecule has 2 N–H and O–H groups in total. The Morgan fingerprint density at radius 3 is 3.08 bits per heavy atom. The molecule has 0 saturated heterocycles. The minimum Gasteiger partial charge on any atom is -0.461 e. The Kier molecular flexibility index (Phi) is 4.68. The van der Waals surface area contributed by atoms with Crippen molar-refractivity contribution in [3.05, 3.63) is 54.0 Å². The fraction of sp³-hybridized carbons (Fsp3) is 0.316. The van der Waals surface area contributed by atoms with Gasteiger partial charge in [0.15, 0.2) is 11.7 Å². The number of fused-ring (bicyclic) bond motifs is 1. The predicted molar refractivity (Wildman–Crippen MR) is 101 cm³/mol. The lowest BCUT2D eigenvalue weighted by Gasteiger charge is -2.22. The number of aliphatic imine (C=N–C) groups is 1. The van der Waals surface area contributed by atoms with Crippen LogP contribution in [0.25, 0.3) is 11.6 Å². The van der Waals surface area contributed by atoms with E-state index in [1.807, 2.05) is 12.1 Å². The molecule has 0 amide bonds. The molecule has 1 aromatic carbocycles. The number of aromatic nitrogens is 3. The fourth-order valence-corrected chi connectivity index (χ4v) is 3.14. The van der Waals surface area contributed by atoms with E-state index in [4.69, 9.17) is 9.41 Å². The number of benzene rings is 1. The van der Waals surface area contributed by atoms with Crippen LogP contribution in [0.4, 0.5) is 5.69 Å². The Labute approximate surface area is 152 Å². The Morgan fingerprint density at radius 2 is 2.23 bits per heavy atom. The maximum atomic E-state index is 5.32. The van der Waals surface area contributed by atoms with Gasteiger partial charge in [-0.05, 0) is 37.1 Å². The quantitative estimate of drug-likeness (QED) is 0.546. The molecule has 26 heavy (non-hydrogen) atoms. The van der Waals surface area contributed by atoms with Crippen molar-refractivity contribution in [2.75, 3.05) is 24.5 Å². The third kappa shape index (κ3) is 3.33. The second-order valence-electron chi connectivity index (χ2n) is 6.10. The van der Waals surface area contributed by atoms with Crippen LogP contribution in [0.2, 0.25) is 0 Å². The van der Waals surface area contributed by atoms with Crippen LogP contribution in [0.1, 0.15) is 18.3 Å². The first-order valence-electron chi connectivity index (χ1n) is 8.94. The Balaban J connectivity index is 1.44. The zero-order chi connectivity index (χ0) is 17.8. The first-order chi connectivity index (χ1) is 12.8. The highest BCUT2D eigenvalue weighted by molar-refractivity contribution is 5.97. The molecule has 0 radical (unpaired) electrons. The van der Waals surface area contributed by atoms with Gasteiger partial charge in [0.25, 0.3) is 0 Å². The molecule has 0 fully saturated rings. The number of hydrogen-bond acceptors (Lipinski definition) is 4. The number of furan rings is 1. The van der Waals surface area contributed by atoms with E-state index in [0.29, 0.717) is 24.6 Å². The van der Waals surface area contributed by atoms with Gasteiger partial charge in [0.1, 0.15) is 5.82 Å². The van der Waals surface area contributed by atoms with E-state index in [0.717, 1.165) is 31.3 Å². The average Bonchev–Trinajstić information content (AvgIpc) is 3.40. The van der Waals surface area contributed by atoms with Gasteiger partial charge in [0, 0.05) is 31.7 Å². The molecule has 0 bridgehead atoms. The molecule has 0 aliphatic carbocycles. The fourth-order valence-electron chi connectivity index (χ4n) is 3.14. The highest BCUT2D eigenvalue weighted by Gasteiger charge is 2.22. The summed E-state index contributed by atoms with van der Waals surface area (Å²) in [6.07, 6.45) is 3.36. The molecule has 2 aromatic heterocycles. The van der Waals surface area contributed by atoms with E-state index < -0.39 is 0 Å². The highest BCUT2D eigenvalue weighted by Crippen LogP contribution is 2.27. The highest BCUT2D eigenvalue weighted by atomic mass is 16.3. The lowest BCUT2D eigenvalue weighted by atomic mass is 10.2. The molecule has 134 valence electrons. The number of anilines is 1. The topological polar surface area (TPSA) is 82.3 Å². The minimum atomic E-state index is 0.578. The van der Waals surface area contributed by atoms with E-state index in [1.165, 1.54) is 11.3 Å². The van der Waals surface area contributed by atoms with E-state index in [2.05, 4.69) is 56.6 Å². The number of H-pyrrole nitrogens is 1. The molecule has 0 unspecified atom stereocenters. The third-order valence-corrected chi connectivity index (χ3v) is 4.36. The summed E-state index contributed by atoms with van der Waals surface area (Å²) in [4.78, 5) is 11.5. The van der Waals surface area contributed by atoms with Crippen LogP contribution in [-0.2, 0) is 12.8 Å². The SMILES string of the molecule is CCNC(=NCCc1nc(-c2ccco2)n[nH]1)N1CCc2ccccc21. The van der Waals surface area contributed by atoms with E-state index in [-0.39, 0.29) is 0 Å². The van der Waals surface area contributed by atoms with Crippen LogP contribution in [0, 0.1) is 0 Å². The zero-order valence-corrected chi connectivity index (χ0v) is 14.8. The molecule has 0 saturated carbocycles. The van der Waals surface area contributed by atoms with Gasteiger partial charge in [0.05, 0.1) is 6.26 Å². The maximum absolute atomic E-state index is 5.32. The summed E-state index contributed by atoms with van der Waals surface area (Å²) in [7, 11) is 0. The summed E-state index contributed by atoms with van der Waals surface area (Å²) in [6, 6.07) is 12.2. The second kappa shape index (κ2) is 7.43. The average molecular weight is 350 g/mol. The van der Waals surface area contributed by atoms with Gasteiger partial charge in [-0.25, -0.2) is 4.98 Å². The predicted octanol–water partition coefficient (Wildman–Crippen LogP) is 2.64. The summed E-state index contributed by atoms with van der Waals surface area (Å²) in [5.41, 5.74) is 2.61. The van der Waals surface area contributed by atoms with Crippen molar-refractivity contribution in [3.63, 3.8) is 0 Å². The molecule has 1 aliphatic heterocycles. The van der Waals surface area contributed by atoms with Crippen LogP contribution >= 0.6 is 0 Å². The molecule has 4 rings (SSSR count). The molecular weight excluding hydrogens is 328 g/mol. The number of nitrogens with zero attached hydrogens (tertiary/aromatic N) is 4. The van der Waals surface area contributed by atoms with Gasteiger partial charge < -0.3 is 14.6 Å². The largest absolute Gasteiger partial charge is 0.461 e. The van der Waals surface area contributed by atoms with Crippen LogP contribution < -0.4 is 10.2 Å². The summed E-state index contributed by atoms with van der Waals surface area (Å²) in [5, 5.41) is 10.6. The van der Waals surface area contributed by atoms with Crippen LogP contribution in [0.3, 0.4) is 0 Å². The van der Waals surface area contributed by atoms with Gasteiger partial charge in [-0.3, -0.25) is 10.1 Å². The van der Waals surface area contributed by atoms with Crippen LogP contribution in [0.5, 0.6) is 0 Å². The summed E-state index contributed by atoms with van der Waals surface area (Å²) in [6.45, 7) is 4.51. The van der Waals surface area contributed by atoms with Crippen LogP contribution in [0.15, 0.2) is 52.1 Å². The van der Waals surface area contributed by atoms with Gasteiger partial charge in [-0.15, -0.1) is 0 Å². The first kappa shape index (κ1) is 16.4. The van der Waals surface area contributed by atoms with Crippen molar-refractivity contribution in [1.29, 1.82) is 0 Å². The number of rotatable bonds is 5. The summed E-state index contributed by atoms with van der Waals surface area (Å²) < 4.78 is 5.32. The van der Waals surface area contributed by atoms with E-state index in [1.54, 1.807) is 6.26 Å². The number of para-hydroxylation sites is 1. The Bertz CT molecular complexity index is 883. The number of aromatic amines is 1. The Hall–Kier alpha value is -3.09. The zero-order valence-electron chi connectivity index (χ0n) is 14.8. The normalized spacial score (nSPS) is 13.9. The monoisotopic (exact) mass is 350 g/mol. The standard InChI is InChI=1S/C19H22N6O/c1-2-20-19(25-12-10-14-6-3-4-7-15(14)25)21-11-9-17-22-18(24-23-17)16-8-5-13-26-16/h3-8,13H,2,9-12H2,1H3,(H,20,21)(H,22,23,24). The molecule has 3 heterocycles. The molecule has 3 aromatic rings. The molecule has 0 spiro atoms. The van der Waals surface area contributed by atoms with Crippen molar-refractivity contribution in [2.24, 2.45) is 4.99 Å². The maximum Gasteiger partial charge on any atom is 0.216 e. The van der Waals surface area contributed by atoms with Gasteiger partial charge >= 0.3 is 0 Å². The number of nitrogens with one attached hydrogen (secondary N) is 2. The summed E-state index contributed by atoms with van der Waals surface area (Å²) >= 11 is 0. The van der Waals surface area contributed by atoms with Crippen molar-refractivity contribution in [3.8, 4) is 11.6 Å². The molecular formula is C19H22N6O. The molecule has 0 atom stereocenters. The smallest absolute Gasteiger partial charge is 0.216 e. The van der Waals surface area contributed by atoms with Crippen molar-refractivity contribution in [2.45, 2.75) is 19.8 Å². The minimum absolute atomic E-state index is 0.578. The second-order valence-corrected chi connectivity index (χ2v) is 6.10. The molecule has 7 nitrogen and oxygen atoms in total. The first-order valence-corrected chi connectivity index (χ1v) is 8.94. The van der Waals surface area contributed by atoms with Gasteiger partial charge in [0.2, 0.25) is 5.82 Å². The van der Waals surface area contributed by atoms with Crippen LogP contribution in [-0.4, -0.2) is 40.8 Å². The lowest BCUT2D eigenvalue weighted by Crippen LogP contribution is -2.40. The van der Waals surface area contributed by atoms with Gasteiger partial charge in [-0.2, -0.15) is 5.10 Å². The lowest BCUT2D eigenvalue weighted by molar-refractivity contribution is 0.577. The molecule has 1 aliphatic rings. The van der Waals surface area contributed by atoms with Crippen molar-refractivity contribution >= 4 is 11.6 Å². The summed E-state index contributed by atoms with van der Waals surface area (Å²) in [5.74, 6) is 2.97. The van der Waals surface area contributed by atoms with E-state index >= 15 is 0 Å². The van der Waals surface area contributed by atoms with Crippen molar-refractivity contribution < 1.29 is 4.42 Å². The Morgan fingerprint density at radius 1 is 1.31 bits per heavy atom. The molecule has 7 heteroatoms. The number of hydrogen-bond donors (Lipinski definition) is 2. The van der Waals surface area contributed by atoms with E-state index in [9.17, 15) is 0 Å². The number of guanidine groups is 1. The third-order valence-electron chi connectivity index (χ3n) is 4.36.